The van der Waals surface area contributed by atoms with Crippen molar-refractivity contribution in [2.24, 2.45) is 11.1 Å². The minimum absolute atomic E-state index is 0.0118. The number of nitroso groups, excluding NO2 is 1. The van der Waals surface area contributed by atoms with Crippen molar-refractivity contribution in [3.8, 4) is 6.07 Å². The normalized spacial score (nSPS) is 14.3. The molecule has 0 fully saturated rings. The molecule has 25 nitrogen and oxygen atoms in total. The Morgan fingerprint density at radius 1 is 0.436 bits per heavy atom. The smallest absolute Gasteiger partial charge is 0.110 e. The molecule has 2 aliphatic rings. The van der Waals surface area contributed by atoms with Crippen LogP contribution in [0.4, 0.5) is 5.69 Å². The van der Waals surface area contributed by atoms with Gasteiger partial charge in [-0.05, 0) is 65.8 Å². The fourth-order valence-corrected chi connectivity index (χ4v) is 10.7. The third-order valence-corrected chi connectivity index (χ3v) is 16.0. The molecule has 2 unspecified atom stereocenters. The Morgan fingerprint density at radius 3 is 1.10 bits per heavy atom. The van der Waals surface area contributed by atoms with Crippen LogP contribution in [0.5, 0.6) is 0 Å². The van der Waals surface area contributed by atoms with Crippen molar-refractivity contribution >= 4 is 5.69 Å². The lowest BCUT2D eigenvalue weighted by atomic mass is 9.62. The van der Waals surface area contributed by atoms with Gasteiger partial charge in [-0.3, -0.25) is 0 Å². The highest BCUT2D eigenvalue weighted by molar-refractivity contribution is 5.54. The number of rotatable bonds is 69. The van der Waals surface area contributed by atoms with Crippen LogP contribution in [0.3, 0.4) is 0 Å². The molecule has 25 heteroatoms. The van der Waals surface area contributed by atoms with Crippen molar-refractivity contribution < 1.29 is 90.4 Å². The van der Waals surface area contributed by atoms with Crippen LogP contribution < -0.4 is 4.90 Å². The van der Waals surface area contributed by atoms with Gasteiger partial charge >= 0.3 is 0 Å². The summed E-state index contributed by atoms with van der Waals surface area (Å²) in [5, 5.41) is 23.1. The first-order valence-electron chi connectivity index (χ1n) is 35.8. The van der Waals surface area contributed by atoms with Crippen LogP contribution in [-0.2, 0) is 104 Å². The minimum atomic E-state index is -0.913. The molecular formula is C76H117N5O20. The van der Waals surface area contributed by atoms with Gasteiger partial charge in [0.1, 0.15) is 12.0 Å². The molecule has 566 valence electrons. The molecule has 0 aromatic heterocycles. The Hall–Kier alpha value is -5.65. The summed E-state index contributed by atoms with van der Waals surface area (Å²) in [6, 6.07) is 32.5. The SMILES string of the molecule is CN(C)c1ccc(C(C#N)(C2=CC=C(N(CCOCCOCCOCCOCCOCCOCCOCCOCCOCCO)Cc3ccccc3)CC2)C2C=CC(N(CCOCCOCCOCCOCCOCCOCCOCCOCCOCCN=O)Cc3ccccc3)=CC2)cc1. The molecule has 0 aliphatic heterocycles. The summed E-state index contributed by atoms with van der Waals surface area (Å²) in [5.74, 6) is -0.117. The van der Waals surface area contributed by atoms with E-state index in [1.807, 2.05) is 26.2 Å². The number of hydrogen-bond acceptors (Lipinski definition) is 25. The largest absolute Gasteiger partial charge is 0.394 e. The van der Waals surface area contributed by atoms with E-state index in [9.17, 15) is 10.2 Å². The molecule has 1 N–H and O–H groups in total. The Balaban J connectivity index is 0.982. The molecule has 101 heavy (non-hydrogen) atoms. The van der Waals surface area contributed by atoms with Crippen LogP contribution in [0.15, 0.2) is 137 Å². The Bertz CT molecular complexity index is 2640. The molecule has 3 aromatic rings. The summed E-state index contributed by atoms with van der Waals surface area (Å²) in [7, 11) is 4.07. The molecule has 5 rings (SSSR count). The van der Waals surface area contributed by atoms with Gasteiger partial charge in [0.15, 0.2) is 0 Å². The molecule has 0 saturated heterocycles. The molecule has 2 aliphatic carbocycles. The zero-order chi connectivity index (χ0) is 71.2. The summed E-state index contributed by atoms with van der Waals surface area (Å²) in [4.78, 5) is 16.9. The highest BCUT2D eigenvalue weighted by Crippen LogP contribution is 2.47. The summed E-state index contributed by atoms with van der Waals surface area (Å²) in [6.07, 6.45) is 13.4. The Kier molecular flexibility index (Phi) is 50.8. The second-order valence-electron chi connectivity index (χ2n) is 23.5. The number of nitrogens with zero attached hydrogens (tertiary/aromatic N) is 5. The van der Waals surface area contributed by atoms with E-state index >= 15 is 0 Å². The summed E-state index contributed by atoms with van der Waals surface area (Å²) in [6.45, 7) is 19.6. The van der Waals surface area contributed by atoms with Gasteiger partial charge in [0.05, 0.1) is 251 Å². The van der Waals surface area contributed by atoms with Gasteiger partial charge in [0, 0.05) is 63.3 Å². The predicted octanol–water partition coefficient (Wildman–Crippen LogP) is 7.64. The molecule has 3 aromatic carbocycles. The van der Waals surface area contributed by atoms with Crippen molar-refractivity contribution in [3.05, 3.63) is 154 Å². The number of ether oxygens (including phenoxy) is 18. The molecule has 2 atom stereocenters. The number of anilines is 1. The van der Waals surface area contributed by atoms with Crippen LogP contribution >= 0.6 is 0 Å². The number of benzene rings is 3. The van der Waals surface area contributed by atoms with E-state index in [1.165, 1.54) is 16.8 Å². The van der Waals surface area contributed by atoms with E-state index in [0.29, 0.717) is 264 Å². The average molecular weight is 1420 g/mol. The van der Waals surface area contributed by atoms with Gasteiger partial charge in [-0.25, -0.2) is 0 Å². The maximum Gasteiger partial charge on any atom is 0.110 e. The summed E-state index contributed by atoms with van der Waals surface area (Å²) in [5.41, 5.74) is 6.99. The molecular weight excluding hydrogens is 1300 g/mol. The van der Waals surface area contributed by atoms with Crippen molar-refractivity contribution in [2.45, 2.75) is 37.8 Å². The third kappa shape index (κ3) is 39.7. The number of aliphatic hydroxyl groups excluding tert-OH is 1. The van der Waals surface area contributed by atoms with Crippen LogP contribution in [0, 0.1) is 22.2 Å². The van der Waals surface area contributed by atoms with E-state index in [-0.39, 0.29) is 19.1 Å². The lowest BCUT2D eigenvalue weighted by molar-refractivity contribution is -0.0257. The van der Waals surface area contributed by atoms with Gasteiger partial charge in [0.25, 0.3) is 0 Å². The first-order chi connectivity index (χ1) is 50.0. The number of hydrogen-bond donors (Lipinski definition) is 1. The standard InChI is InChI=1S/C76H117N5O20/c1-79(2)73-19-13-70(14-20-73)76(67-77,72-17-23-75(24-18-72)81(66-69-11-7-4-8-12-69)27-31-86-35-39-90-43-47-94-51-55-98-59-63-101-64-60-99-56-52-95-48-44-91-40-36-87-32-28-82)71-15-21-74(22-16-71)80(65-68-9-5-3-6-10-68)26-30-85-34-38-89-42-46-93-50-54-97-58-62-100-61-57-96-53-49-92-45-41-88-37-33-84-29-25-78-83/h3-15,17,19-23,71,82H,16,18,24-66H2,1-2H3. The van der Waals surface area contributed by atoms with Gasteiger partial charge in [0.2, 0.25) is 0 Å². The van der Waals surface area contributed by atoms with Gasteiger partial charge in [-0.1, -0.05) is 96.2 Å². The second kappa shape index (κ2) is 59.7. The zero-order valence-electron chi connectivity index (χ0n) is 60.3. The number of nitriles is 1. The van der Waals surface area contributed by atoms with Gasteiger partial charge in [-0.2, -0.15) is 10.2 Å². The van der Waals surface area contributed by atoms with Crippen molar-refractivity contribution in [1.82, 2.24) is 9.80 Å². The molecule has 0 saturated carbocycles. The average Bonchev–Trinajstić information content (AvgIpc) is 0.754. The predicted molar refractivity (Wildman–Crippen MR) is 385 cm³/mol. The third-order valence-electron chi connectivity index (χ3n) is 16.0. The topological polar surface area (TPSA) is 249 Å². The van der Waals surface area contributed by atoms with E-state index in [1.54, 1.807) is 0 Å². The van der Waals surface area contributed by atoms with Gasteiger partial charge in [-0.15, -0.1) is 0 Å². The first kappa shape index (κ1) is 86.0. The second-order valence-corrected chi connectivity index (χ2v) is 23.5. The Morgan fingerprint density at radius 2 is 0.782 bits per heavy atom. The Labute approximate surface area is 600 Å². The molecule has 0 radical (unpaired) electrons. The quantitative estimate of drug-likeness (QED) is 0.0421. The minimum Gasteiger partial charge on any atom is -0.394 e. The van der Waals surface area contributed by atoms with E-state index in [2.05, 4.69) is 129 Å². The van der Waals surface area contributed by atoms with Crippen molar-refractivity contribution in [2.75, 3.05) is 283 Å². The highest BCUT2D eigenvalue weighted by atomic mass is 16.6. The van der Waals surface area contributed by atoms with Gasteiger partial charge < -0.3 is 105 Å². The lowest BCUT2D eigenvalue weighted by Crippen LogP contribution is -2.38. The summed E-state index contributed by atoms with van der Waals surface area (Å²) >= 11 is 0. The van der Waals surface area contributed by atoms with E-state index in [4.69, 9.17) is 90.4 Å². The molecule has 0 amide bonds. The zero-order valence-corrected chi connectivity index (χ0v) is 60.3. The van der Waals surface area contributed by atoms with Crippen LogP contribution in [-0.4, -0.2) is 293 Å². The fourth-order valence-electron chi connectivity index (χ4n) is 10.7. The van der Waals surface area contributed by atoms with Crippen LogP contribution in [0.25, 0.3) is 0 Å². The number of allylic oxidation sites excluding steroid dienone is 7. The maximum absolute atomic E-state index is 11.7. The van der Waals surface area contributed by atoms with Crippen LogP contribution in [0.2, 0.25) is 0 Å². The van der Waals surface area contributed by atoms with Crippen molar-refractivity contribution in [1.29, 1.82) is 5.26 Å². The monoisotopic (exact) mass is 1420 g/mol. The first-order valence-corrected chi connectivity index (χ1v) is 35.8. The summed E-state index contributed by atoms with van der Waals surface area (Å²) < 4.78 is 101. The lowest BCUT2D eigenvalue weighted by Gasteiger charge is -2.40. The molecule has 0 bridgehead atoms. The number of aliphatic hydroxyl groups is 1. The fraction of sp³-hybridized carbons (Fsp3) is 0.645. The van der Waals surface area contributed by atoms with Crippen molar-refractivity contribution in [3.63, 3.8) is 0 Å². The molecule has 0 heterocycles. The molecule has 0 spiro atoms. The van der Waals surface area contributed by atoms with Crippen LogP contribution in [0.1, 0.15) is 36.0 Å². The van der Waals surface area contributed by atoms with E-state index in [0.717, 1.165) is 41.9 Å². The maximum atomic E-state index is 11.7. The van der Waals surface area contributed by atoms with E-state index < -0.39 is 5.41 Å². The highest BCUT2D eigenvalue weighted by Gasteiger charge is 2.44.